The Morgan fingerprint density at radius 1 is 1.17 bits per heavy atom. The number of nitrogens with zero attached hydrogens (tertiary/aromatic N) is 3. The van der Waals surface area contributed by atoms with Gasteiger partial charge in [-0.3, -0.25) is 9.36 Å². The number of benzene rings is 2. The smallest absolute Gasteiger partial charge is 0.238 e. The van der Waals surface area contributed by atoms with Crippen LogP contribution in [0.15, 0.2) is 71.2 Å². The minimum Gasteiger partial charge on any atom is -0.325 e. The van der Waals surface area contributed by atoms with Crippen molar-refractivity contribution in [3.63, 3.8) is 0 Å². The van der Waals surface area contributed by atoms with E-state index in [-0.39, 0.29) is 16.6 Å². The lowest BCUT2D eigenvalue weighted by Crippen LogP contribution is -2.15. The van der Waals surface area contributed by atoms with Crippen LogP contribution in [0.4, 0.5) is 5.69 Å². The van der Waals surface area contributed by atoms with Crippen molar-refractivity contribution in [1.29, 1.82) is 0 Å². The van der Waals surface area contributed by atoms with Crippen molar-refractivity contribution in [2.45, 2.75) is 23.5 Å². The molecule has 2 aromatic carbocycles. The highest BCUT2D eigenvalue weighted by Gasteiger charge is 2.15. The van der Waals surface area contributed by atoms with Crippen LogP contribution in [0.1, 0.15) is 5.56 Å². The van der Waals surface area contributed by atoms with Crippen LogP contribution >= 0.6 is 11.8 Å². The largest absolute Gasteiger partial charge is 0.325 e. The zero-order chi connectivity index (χ0) is 21.7. The first-order chi connectivity index (χ1) is 14.3. The van der Waals surface area contributed by atoms with E-state index in [9.17, 15) is 13.2 Å². The number of hydrogen-bond donors (Lipinski definition) is 2. The molecule has 156 valence electrons. The summed E-state index contributed by atoms with van der Waals surface area (Å²) in [5.74, 6) is 0.560. The molecule has 0 fully saturated rings. The maximum absolute atomic E-state index is 12.3. The van der Waals surface area contributed by atoms with Gasteiger partial charge in [-0.05, 0) is 31.2 Å². The highest BCUT2D eigenvalue weighted by Crippen LogP contribution is 2.24. The van der Waals surface area contributed by atoms with Gasteiger partial charge in [0.05, 0.1) is 10.6 Å². The summed E-state index contributed by atoms with van der Waals surface area (Å²) in [6.45, 7) is 6.31. The fourth-order valence-electron chi connectivity index (χ4n) is 2.66. The molecule has 8 nitrogen and oxygen atoms in total. The lowest BCUT2D eigenvalue weighted by atomic mass is 10.1. The van der Waals surface area contributed by atoms with E-state index in [0.717, 1.165) is 11.1 Å². The van der Waals surface area contributed by atoms with Crippen molar-refractivity contribution in [1.82, 2.24) is 14.8 Å². The monoisotopic (exact) mass is 443 g/mol. The molecule has 0 spiro atoms. The second kappa shape index (κ2) is 9.24. The van der Waals surface area contributed by atoms with Gasteiger partial charge in [0, 0.05) is 17.8 Å². The molecule has 0 aliphatic heterocycles. The summed E-state index contributed by atoms with van der Waals surface area (Å²) >= 11 is 1.25. The van der Waals surface area contributed by atoms with Gasteiger partial charge in [-0.25, -0.2) is 13.6 Å². The van der Waals surface area contributed by atoms with Gasteiger partial charge in [-0.15, -0.1) is 16.8 Å². The minimum atomic E-state index is -3.77. The molecule has 30 heavy (non-hydrogen) atoms. The number of anilines is 1. The number of carbonyl (C=O) groups is 1. The SMILES string of the molecule is C=CCn1c(SCC(=O)Nc2ccc(S(N)(=O)=O)cc2)nnc1-c1ccc(C)cc1. The number of amides is 1. The van der Waals surface area contributed by atoms with Gasteiger partial charge in [0.1, 0.15) is 0 Å². The molecule has 1 amide bonds. The Morgan fingerprint density at radius 2 is 1.83 bits per heavy atom. The van der Waals surface area contributed by atoms with E-state index in [2.05, 4.69) is 22.1 Å². The topological polar surface area (TPSA) is 120 Å². The molecule has 3 N–H and O–H groups in total. The van der Waals surface area contributed by atoms with E-state index in [1.54, 1.807) is 6.08 Å². The van der Waals surface area contributed by atoms with Gasteiger partial charge in [-0.2, -0.15) is 0 Å². The Kier molecular flexibility index (Phi) is 6.70. The number of nitrogens with one attached hydrogen (secondary N) is 1. The molecule has 0 atom stereocenters. The van der Waals surface area contributed by atoms with Crippen LogP contribution in [0, 0.1) is 6.92 Å². The van der Waals surface area contributed by atoms with Crippen LogP contribution in [-0.2, 0) is 21.4 Å². The predicted octanol–water partition coefficient (Wildman–Crippen LogP) is 2.82. The number of hydrogen-bond acceptors (Lipinski definition) is 6. The van der Waals surface area contributed by atoms with E-state index in [1.165, 1.54) is 36.0 Å². The van der Waals surface area contributed by atoms with Crippen LogP contribution in [0.25, 0.3) is 11.4 Å². The average Bonchev–Trinajstić information content (AvgIpc) is 3.10. The molecule has 3 aromatic rings. The Bertz CT molecular complexity index is 1150. The summed E-state index contributed by atoms with van der Waals surface area (Å²) in [5, 5.41) is 16.9. The van der Waals surface area contributed by atoms with Gasteiger partial charge in [-0.1, -0.05) is 47.7 Å². The lowest BCUT2D eigenvalue weighted by Gasteiger charge is -2.09. The number of primary sulfonamides is 1. The molecule has 0 aliphatic rings. The molecule has 10 heteroatoms. The predicted molar refractivity (Wildman–Crippen MR) is 118 cm³/mol. The van der Waals surface area contributed by atoms with E-state index in [0.29, 0.717) is 23.2 Å². The maximum Gasteiger partial charge on any atom is 0.238 e. The summed E-state index contributed by atoms with van der Waals surface area (Å²) in [4.78, 5) is 12.3. The normalized spacial score (nSPS) is 11.3. The van der Waals surface area contributed by atoms with E-state index in [4.69, 9.17) is 5.14 Å². The third-order valence-electron chi connectivity index (χ3n) is 4.14. The number of nitrogens with two attached hydrogens (primary N) is 1. The fourth-order valence-corrected chi connectivity index (χ4v) is 3.92. The second-order valence-corrected chi connectivity index (χ2v) is 8.98. The van der Waals surface area contributed by atoms with Crippen LogP contribution in [0.5, 0.6) is 0 Å². The van der Waals surface area contributed by atoms with Crippen LogP contribution < -0.4 is 10.5 Å². The zero-order valence-electron chi connectivity index (χ0n) is 16.3. The number of carbonyl (C=O) groups excluding carboxylic acids is 1. The number of sulfonamides is 1. The first-order valence-corrected chi connectivity index (χ1v) is 11.5. The molecule has 3 rings (SSSR count). The van der Waals surface area contributed by atoms with Crippen LogP contribution in [0.3, 0.4) is 0 Å². The van der Waals surface area contributed by atoms with Gasteiger partial charge in [0.15, 0.2) is 11.0 Å². The average molecular weight is 444 g/mol. The Morgan fingerprint density at radius 3 is 2.43 bits per heavy atom. The molecule has 0 radical (unpaired) electrons. The molecular formula is C20H21N5O3S2. The van der Waals surface area contributed by atoms with Gasteiger partial charge >= 0.3 is 0 Å². The molecular weight excluding hydrogens is 422 g/mol. The third-order valence-corrected chi connectivity index (χ3v) is 6.03. The van der Waals surface area contributed by atoms with Crippen molar-refractivity contribution >= 4 is 33.4 Å². The highest BCUT2D eigenvalue weighted by molar-refractivity contribution is 7.99. The third kappa shape index (κ3) is 5.35. The quantitative estimate of drug-likeness (QED) is 0.408. The molecule has 1 aromatic heterocycles. The highest BCUT2D eigenvalue weighted by atomic mass is 32.2. The molecule has 0 saturated heterocycles. The summed E-state index contributed by atoms with van der Waals surface area (Å²) in [6, 6.07) is 13.6. The lowest BCUT2D eigenvalue weighted by molar-refractivity contribution is -0.113. The summed E-state index contributed by atoms with van der Waals surface area (Å²) in [6.07, 6.45) is 1.75. The summed E-state index contributed by atoms with van der Waals surface area (Å²) in [5.41, 5.74) is 2.55. The standard InChI is InChI=1S/C20H21N5O3S2/c1-3-12-25-19(15-6-4-14(2)5-7-15)23-24-20(25)29-13-18(26)22-16-8-10-17(11-9-16)30(21,27)28/h3-11H,1,12-13H2,2H3,(H,22,26)(H2,21,27,28). The Hall–Kier alpha value is -2.95. The molecule has 0 bridgehead atoms. The maximum atomic E-state index is 12.3. The van der Waals surface area contributed by atoms with Gasteiger partial charge in [0.25, 0.3) is 0 Å². The van der Waals surface area contributed by atoms with Crippen molar-refractivity contribution in [2.75, 3.05) is 11.1 Å². The van der Waals surface area contributed by atoms with E-state index < -0.39 is 10.0 Å². The number of rotatable bonds is 8. The van der Waals surface area contributed by atoms with Crippen LogP contribution in [0.2, 0.25) is 0 Å². The molecule has 0 aliphatic carbocycles. The van der Waals surface area contributed by atoms with Gasteiger partial charge in [0.2, 0.25) is 15.9 Å². The number of aryl methyl sites for hydroxylation is 1. The number of aromatic nitrogens is 3. The Labute approximate surface area is 179 Å². The number of allylic oxidation sites excluding steroid dienone is 1. The molecule has 0 saturated carbocycles. The van der Waals surface area contributed by atoms with Crippen molar-refractivity contribution in [2.24, 2.45) is 5.14 Å². The fraction of sp³-hybridized carbons (Fsp3) is 0.150. The summed E-state index contributed by atoms with van der Waals surface area (Å²) < 4.78 is 24.5. The first kappa shape index (κ1) is 21.8. The Balaban J connectivity index is 1.68. The van der Waals surface area contributed by atoms with Crippen molar-refractivity contribution in [3.05, 3.63) is 66.7 Å². The minimum absolute atomic E-state index is 0.0176. The van der Waals surface area contributed by atoms with Crippen LogP contribution in [-0.4, -0.2) is 34.8 Å². The van der Waals surface area contributed by atoms with Gasteiger partial charge < -0.3 is 5.32 Å². The summed E-state index contributed by atoms with van der Waals surface area (Å²) in [7, 11) is -3.77. The first-order valence-electron chi connectivity index (χ1n) is 8.94. The molecule has 0 unspecified atom stereocenters. The number of thioether (sulfide) groups is 1. The van der Waals surface area contributed by atoms with Crippen molar-refractivity contribution < 1.29 is 13.2 Å². The van der Waals surface area contributed by atoms with E-state index in [1.807, 2.05) is 35.8 Å². The molecule has 1 heterocycles. The van der Waals surface area contributed by atoms with E-state index >= 15 is 0 Å². The van der Waals surface area contributed by atoms with Crippen molar-refractivity contribution in [3.8, 4) is 11.4 Å². The second-order valence-electron chi connectivity index (χ2n) is 6.48. The zero-order valence-corrected chi connectivity index (χ0v) is 17.9.